The molecule has 0 aliphatic rings. The third-order valence-corrected chi connectivity index (χ3v) is 3.56. The molecule has 0 fully saturated rings. The zero-order valence-electron chi connectivity index (χ0n) is 12.0. The third-order valence-electron chi connectivity index (χ3n) is 3.56. The molecule has 0 aliphatic heterocycles. The minimum atomic E-state index is -0.896. The topological polar surface area (TPSA) is 67.2 Å². The Balaban J connectivity index is 2.88. The number of carbonyl (C=O) groups excluding carboxylic acids is 1. The molecule has 4 nitrogen and oxygen atoms in total. The first-order valence-electron chi connectivity index (χ1n) is 6.71. The normalized spacial score (nSPS) is 12.3. The van der Waals surface area contributed by atoms with Gasteiger partial charge in [-0.3, -0.25) is 10.6 Å². The number of anilines is 1. The number of rotatable bonds is 6. The summed E-state index contributed by atoms with van der Waals surface area (Å²) in [7, 11) is 0. The lowest BCUT2D eigenvalue weighted by Gasteiger charge is -2.22. The molecule has 1 amide bonds. The molecule has 0 saturated heterocycles. The van der Waals surface area contributed by atoms with Crippen LogP contribution in [0.5, 0.6) is 0 Å². The van der Waals surface area contributed by atoms with Gasteiger partial charge in [-0.25, -0.2) is 8.78 Å². The van der Waals surface area contributed by atoms with Crippen LogP contribution in [-0.4, -0.2) is 11.9 Å². The van der Waals surface area contributed by atoms with E-state index in [1.165, 1.54) is 0 Å². The number of hydrogen-bond acceptors (Lipinski definition) is 3. The van der Waals surface area contributed by atoms with Crippen LogP contribution < -0.4 is 16.6 Å². The Hall–Kier alpha value is -1.69. The number of carbonyl (C=O) groups is 1. The van der Waals surface area contributed by atoms with Gasteiger partial charge in [0.25, 0.3) is 5.91 Å². The third kappa shape index (κ3) is 3.66. The number of amides is 1. The molecule has 4 N–H and O–H groups in total. The van der Waals surface area contributed by atoms with Crippen molar-refractivity contribution in [1.82, 2.24) is 5.32 Å². The molecule has 0 spiro atoms. The van der Waals surface area contributed by atoms with E-state index >= 15 is 0 Å². The van der Waals surface area contributed by atoms with Crippen molar-refractivity contribution in [2.75, 3.05) is 5.43 Å². The number of nitrogen functional groups attached to an aromatic ring is 1. The van der Waals surface area contributed by atoms with Crippen LogP contribution in [0.25, 0.3) is 0 Å². The van der Waals surface area contributed by atoms with E-state index in [1.807, 2.05) is 26.2 Å². The summed E-state index contributed by atoms with van der Waals surface area (Å²) in [5.74, 6) is 3.05. The SMILES string of the molecule is CCC(CC)C(C)NC(=O)c1cc(F)c(NN)c(F)c1. The van der Waals surface area contributed by atoms with E-state index in [-0.39, 0.29) is 11.6 Å². The first-order chi connectivity index (χ1) is 9.44. The van der Waals surface area contributed by atoms with Gasteiger partial charge >= 0.3 is 0 Å². The van der Waals surface area contributed by atoms with Crippen LogP contribution in [0.2, 0.25) is 0 Å². The van der Waals surface area contributed by atoms with Crippen molar-refractivity contribution in [2.24, 2.45) is 11.8 Å². The Kier molecular flexibility index (Phi) is 5.88. The summed E-state index contributed by atoms with van der Waals surface area (Å²) in [6.07, 6.45) is 1.85. The fraction of sp³-hybridized carbons (Fsp3) is 0.500. The summed E-state index contributed by atoms with van der Waals surface area (Å²) < 4.78 is 27.1. The number of halogens is 2. The Morgan fingerprint density at radius 2 is 1.75 bits per heavy atom. The molecular formula is C14H21F2N3O. The van der Waals surface area contributed by atoms with Crippen LogP contribution in [0, 0.1) is 17.6 Å². The van der Waals surface area contributed by atoms with E-state index < -0.39 is 23.2 Å². The number of nitrogens with two attached hydrogens (primary N) is 1. The van der Waals surface area contributed by atoms with Gasteiger partial charge in [0, 0.05) is 11.6 Å². The summed E-state index contributed by atoms with van der Waals surface area (Å²) in [6, 6.07) is 1.87. The molecule has 1 rings (SSSR count). The van der Waals surface area contributed by atoms with Crippen LogP contribution in [0.1, 0.15) is 44.0 Å². The molecule has 0 saturated carbocycles. The van der Waals surface area contributed by atoms with Crippen molar-refractivity contribution in [3.05, 3.63) is 29.3 Å². The van der Waals surface area contributed by atoms with Crippen LogP contribution in [0.15, 0.2) is 12.1 Å². The largest absolute Gasteiger partial charge is 0.349 e. The van der Waals surface area contributed by atoms with Gasteiger partial charge in [0.2, 0.25) is 0 Å². The highest BCUT2D eigenvalue weighted by atomic mass is 19.1. The van der Waals surface area contributed by atoms with E-state index in [0.29, 0.717) is 5.92 Å². The monoisotopic (exact) mass is 285 g/mol. The number of hydrogen-bond donors (Lipinski definition) is 3. The lowest BCUT2D eigenvalue weighted by molar-refractivity contribution is 0.0924. The van der Waals surface area contributed by atoms with Gasteiger partial charge in [-0.2, -0.15) is 0 Å². The molecule has 1 aromatic rings. The first kappa shape index (κ1) is 16.4. The fourth-order valence-electron chi connectivity index (χ4n) is 2.25. The van der Waals surface area contributed by atoms with Crippen molar-refractivity contribution >= 4 is 11.6 Å². The van der Waals surface area contributed by atoms with Crippen LogP contribution in [0.4, 0.5) is 14.5 Å². The average molecular weight is 285 g/mol. The molecule has 0 heterocycles. The van der Waals surface area contributed by atoms with Crippen molar-refractivity contribution < 1.29 is 13.6 Å². The molecule has 1 atom stereocenters. The van der Waals surface area contributed by atoms with Gasteiger partial charge in [0.05, 0.1) is 0 Å². The van der Waals surface area contributed by atoms with Crippen molar-refractivity contribution in [3.8, 4) is 0 Å². The van der Waals surface area contributed by atoms with Gasteiger partial charge in [-0.15, -0.1) is 0 Å². The van der Waals surface area contributed by atoms with Crippen molar-refractivity contribution in [1.29, 1.82) is 0 Å². The highest BCUT2D eigenvalue weighted by molar-refractivity contribution is 5.94. The molecule has 20 heavy (non-hydrogen) atoms. The minimum Gasteiger partial charge on any atom is -0.349 e. The molecule has 0 aliphatic carbocycles. The molecule has 0 aromatic heterocycles. The maximum atomic E-state index is 13.5. The van der Waals surface area contributed by atoms with Gasteiger partial charge in [-0.1, -0.05) is 26.7 Å². The maximum Gasteiger partial charge on any atom is 0.251 e. The lowest BCUT2D eigenvalue weighted by atomic mass is 9.95. The van der Waals surface area contributed by atoms with Gasteiger partial charge in [0.1, 0.15) is 5.69 Å². The first-order valence-corrected chi connectivity index (χ1v) is 6.71. The summed E-state index contributed by atoms with van der Waals surface area (Å²) in [6.45, 7) is 5.97. The van der Waals surface area contributed by atoms with E-state index in [1.54, 1.807) is 0 Å². The molecular weight excluding hydrogens is 264 g/mol. The Morgan fingerprint density at radius 1 is 1.25 bits per heavy atom. The fourth-order valence-corrected chi connectivity index (χ4v) is 2.25. The van der Waals surface area contributed by atoms with E-state index in [9.17, 15) is 13.6 Å². The van der Waals surface area contributed by atoms with Crippen molar-refractivity contribution in [2.45, 2.75) is 39.7 Å². The highest BCUT2D eigenvalue weighted by Crippen LogP contribution is 2.20. The molecule has 0 radical (unpaired) electrons. The quantitative estimate of drug-likeness (QED) is 0.556. The summed E-state index contributed by atoms with van der Waals surface area (Å²) in [5.41, 5.74) is 1.42. The van der Waals surface area contributed by atoms with E-state index in [0.717, 1.165) is 25.0 Å². The zero-order valence-corrected chi connectivity index (χ0v) is 12.0. The lowest BCUT2D eigenvalue weighted by Crippen LogP contribution is -2.37. The summed E-state index contributed by atoms with van der Waals surface area (Å²) in [4.78, 5) is 12.0. The van der Waals surface area contributed by atoms with E-state index in [4.69, 9.17) is 5.84 Å². The summed E-state index contributed by atoms with van der Waals surface area (Å²) in [5, 5.41) is 2.77. The van der Waals surface area contributed by atoms with E-state index in [2.05, 4.69) is 5.32 Å². The Labute approximate surface area is 117 Å². The number of hydrazine groups is 1. The molecule has 112 valence electrons. The highest BCUT2D eigenvalue weighted by Gasteiger charge is 2.19. The molecule has 6 heteroatoms. The second-order valence-corrected chi connectivity index (χ2v) is 4.80. The van der Waals surface area contributed by atoms with Crippen LogP contribution >= 0.6 is 0 Å². The number of benzene rings is 1. The Morgan fingerprint density at radius 3 is 2.15 bits per heavy atom. The predicted molar refractivity (Wildman–Crippen MR) is 75.2 cm³/mol. The van der Waals surface area contributed by atoms with Crippen molar-refractivity contribution in [3.63, 3.8) is 0 Å². The molecule has 1 unspecified atom stereocenters. The second-order valence-electron chi connectivity index (χ2n) is 4.80. The average Bonchev–Trinajstić information content (AvgIpc) is 2.39. The standard InChI is InChI=1S/C14H21F2N3O/c1-4-9(5-2)8(3)18-14(20)10-6-11(15)13(19-17)12(16)7-10/h6-9,19H,4-5,17H2,1-3H3,(H,18,20). The van der Waals surface area contributed by atoms with Crippen LogP contribution in [-0.2, 0) is 0 Å². The van der Waals surface area contributed by atoms with Gasteiger partial charge in [-0.05, 0) is 25.0 Å². The maximum absolute atomic E-state index is 13.5. The van der Waals surface area contributed by atoms with Gasteiger partial charge in [0.15, 0.2) is 11.6 Å². The van der Waals surface area contributed by atoms with Gasteiger partial charge < -0.3 is 10.7 Å². The Bertz CT molecular complexity index is 452. The minimum absolute atomic E-state index is 0.0585. The molecule has 1 aromatic carbocycles. The molecule has 0 bridgehead atoms. The summed E-state index contributed by atoms with van der Waals surface area (Å²) >= 11 is 0. The second kappa shape index (κ2) is 7.19. The zero-order chi connectivity index (χ0) is 15.3. The predicted octanol–water partition coefficient (Wildman–Crippen LogP) is 2.80. The smallest absolute Gasteiger partial charge is 0.251 e. The van der Waals surface area contributed by atoms with Crippen LogP contribution in [0.3, 0.4) is 0 Å². The number of nitrogens with one attached hydrogen (secondary N) is 2.